The Morgan fingerprint density at radius 3 is 2.89 bits per heavy atom. The van der Waals surface area contributed by atoms with Crippen molar-refractivity contribution in [3.05, 3.63) is 11.9 Å². The summed E-state index contributed by atoms with van der Waals surface area (Å²) < 4.78 is 0. The highest BCUT2D eigenvalue weighted by Gasteiger charge is 1.96. The lowest BCUT2D eigenvalue weighted by atomic mass is 10.4. The van der Waals surface area contributed by atoms with Gasteiger partial charge in [0.1, 0.15) is 5.69 Å². The average Bonchev–Trinajstić information content (AvgIpc) is 1.89. The van der Waals surface area contributed by atoms with Gasteiger partial charge in [-0.25, -0.2) is 0 Å². The molecule has 0 saturated heterocycles. The Hall–Kier alpha value is -1.23. The van der Waals surface area contributed by atoms with Gasteiger partial charge in [-0.05, 0) is 5.21 Å². The first-order chi connectivity index (χ1) is 4.34. The zero-order valence-electron chi connectivity index (χ0n) is 4.65. The van der Waals surface area contributed by atoms with E-state index in [1.165, 1.54) is 6.20 Å². The van der Waals surface area contributed by atoms with E-state index in [9.17, 15) is 0 Å². The summed E-state index contributed by atoms with van der Waals surface area (Å²) in [7, 11) is 0. The van der Waals surface area contributed by atoms with E-state index in [0.29, 0.717) is 11.4 Å². The molecule has 1 heterocycles. The normalized spacial score (nSPS) is 9.44. The minimum Gasteiger partial charge on any atom is -0.396 e. The first-order valence-electron chi connectivity index (χ1n) is 2.38. The molecule has 1 aromatic rings. The zero-order valence-corrected chi connectivity index (χ0v) is 4.65. The molecule has 0 aliphatic rings. The maximum atomic E-state index is 8.51. The van der Waals surface area contributed by atoms with Crippen LogP contribution in [0.2, 0.25) is 0 Å². The molecule has 5 nitrogen and oxygen atoms in total. The number of aromatic nitrogens is 3. The van der Waals surface area contributed by atoms with Crippen LogP contribution in [0.5, 0.6) is 0 Å². The largest absolute Gasteiger partial charge is 0.396 e. The molecule has 48 valence electrons. The second-order valence-corrected chi connectivity index (χ2v) is 1.49. The Kier molecular flexibility index (Phi) is 1.55. The number of anilines is 1. The fourth-order valence-electron chi connectivity index (χ4n) is 0.423. The predicted molar refractivity (Wildman–Crippen MR) is 30.2 cm³/mol. The van der Waals surface area contributed by atoms with E-state index in [4.69, 9.17) is 10.8 Å². The van der Waals surface area contributed by atoms with Gasteiger partial charge in [0, 0.05) is 0 Å². The lowest BCUT2D eigenvalue weighted by Crippen LogP contribution is -2.00. The van der Waals surface area contributed by atoms with E-state index in [0.717, 1.165) is 0 Å². The number of nitrogens with zero attached hydrogens (tertiary/aromatic N) is 3. The minimum absolute atomic E-state index is 0.193. The Morgan fingerprint density at radius 2 is 2.44 bits per heavy atom. The number of nitrogen functional groups attached to an aromatic ring is 1. The first-order valence-corrected chi connectivity index (χ1v) is 2.38. The maximum Gasteiger partial charge on any atom is 0.115 e. The van der Waals surface area contributed by atoms with E-state index in [1.54, 1.807) is 0 Å². The van der Waals surface area contributed by atoms with Gasteiger partial charge >= 0.3 is 0 Å². The van der Waals surface area contributed by atoms with Gasteiger partial charge in [-0.2, -0.15) is 0 Å². The van der Waals surface area contributed by atoms with Crippen molar-refractivity contribution < 1.29 is 5.11 Å². The van der Waals surface area contributed by atoms with Crippen LogP contribution < -0.4 is 5.73 Å². The van der Waals surface area contributed by atoms with Gasteiger partial charge in [-0.3, -0.25) is 0 Å². The molecule has 0 spiro atoms. The van der Waals surface area contributed by atoms with Crippen molar-refractivity contribution >= 4 is 5.69 Å². The molecular formula is C4H6N4O. The summed E-state index contributed by atoms with van der Waals surface area (Å²) in [5, 5.41) is 18.6. The number of rotatable bonds is 1. The topological polar surface area (TPSA) is 84.9 Å². The molecule has 0 aromatic carbocycles. The summed E-state index contributed by atoms with van der Waals surface area (Å²) >= 11 is 0. The van der Waals surface area contributed by atoms with Crippen molar-refractivity contribution in [2.75, 3.05) is 5.73 Å². The van der Waals surface area contributed by atoms with E-state index < -0.39 is 0 Å². The molecule has 0 saturated carbocycles. The highest BCUT2D eigenvalue weighted by Crippen LogP contribution is 2.01. The standard InChI is InChI=1S/C4H6N4O/c5-3-1-6-8-7-4(3)2-9/h1,9H,2H2,(H2,5,8). The molecule has 0 radical (unpaired) electrons. The van der Waals surface area contributed by atoms with Crippen LogP contribution in [0.4, 0.5) is 5.69 Å². The first kappa shape index (κ1) is 5.90. The van der Waals surface area contributed by atoms with E-state index in [1.807, 2.05) is 0 Å². The number of nitrogens with two attached hydrogens (primary N) is 1. The quantitative estimate of drug-likeness (QED) is 0.501. The number of hydrogen-bond donors (Lipinski definition) is 2. The fourth-order valence-corrected chi connectivity index (χ4v) is 0.423. The lowest BCUT2D eigenvalue weighted by molar-refractivity contribution is 0.275. The molecule has 0 fully saturated rings. The van der Waals surface area contributed by atoms with Gasteiger partial charge in [0.25, 0.3) is 0 Å². The molecule has 0 amide bonds. The SMILES string of the molecule is Nc1cnnnc1CO. The van der Waals surface area contributed by atoms with Crippen LogP contribution in [0.25, 0.3) is 0 Å². The Labute approximate surface area is 51.5 Å². The number of aliphatic hydroxyl groups excluding tert-OH is 1. The number of hydrogen-bond acceptors (Lipinski definition) is 5. The van der Waals surface area contributed by atoms with E-state index >= 15 is 0 Å². The Morgan fingerprint density at radius 1 is 1.67 bits per heavy atom. The third-order valence-corrected chi connectivity index (χ3v) is 0.897. The molecule has 0 aliphatic heterocycles. The predicted octanol–water partition coefficient (Wildman–Crippen LogP) is -1.05. The highest BCUT2D eigenvalue weighted by atomic mass is 16.3. The summed E-state index contributed by atoms with van der Waals surface area (Å²) in [5.41, 5.74) is 6.04. The summed E-state index contributed by atoms with van der Waals surface area (Å²) in [6, 6.07) is 0. The smallest absolute Gasteiger partial charge is 0.115 e. The van der Waals surface area contributed by atoms with Gasteiger partial charge in [-0.1, -0.05) is 0 Å². The molecule has 1 aromatic heterocycles. The second kappa shape index (κ2) is 2.36. The molecular weight excluding hydrogens is 120 g/mol. The fraction of sp³-hybridized carbons (Fsp3) is 0.250. The molecule has 3 N–H and O–H groups in total. The van der Waals surface area contributed by atoms with E-state index in [2.05, 4.69) is 15.4 Å². The van der Waals surface area contributed by atoms with Gasteiger partial charge in [0.05, 0.1) is 18.5 Å². The summed E-state index contributed by atoms with van der Waals surface area (Å²) in [5.74, 6) is 0. The molecule has 0 bridgehead atoms. The van der Waals surface area contributed by atoms with Crippen LogP contribution in [-0.4, -0.2) is 20.5 Å². The van der Waals surface area contributed by atoms with Crippen molar-refractivity contribution in [1.82, 2.24) is 15.4 Å². The van der Waals surface area contributed by atoms with Crippen LogP contribution >= 0.6 is 0 Å². The number of aliphatic hydroxyl groups is 1. The second-order valence-electron chi connectivity index (χ2n) is 1.49. The maximum absolute atomic E-state index is 8.51. The van der Waals surface area contributed by atoms with Crippen LogP contribution in [0.1, 0.15) is 5.69 Å². The van der Waals surface area contributed by atoms with Crippen molar-refractivity contribution in [1.29, 1.82) is 0 Å². The van der Waals surface area contributed by atoms with Gasteiger partial charge < -0.3 is 10.8 Å². The molecule has 0 unspecified atom stereocenters. The third-order valence-electron chi connectivity index (χ3n) is 0.897. The van der Waals surface area contributed by atoms with E-state index in [-0.39, 0.29) is 6.61 Å². The van der Waals surface area contributed by atoms with Gasteiger partial charge in [0.15, 0.2) is 0 Å². The highest BCUT2D eigenvalue weighted by molar-refractivity contribution is 5.37. The average molecular weight is 126 g/mol. The van der Waals surface area contributed by atoms with Crippen LogP contribution in [0.15, 0.2) is 6.20 Å². The summed E-state index contributed by atoms with van der Waals surface area (Å²) in [6.45, 7) is -0.193. The molecule has 5 heteroatoms. The van der Waals surface area contributed by atoms with Crippen molar-refractivity contribution in [3.8, 4) is 0 Å². The lowest BCUT2D eigenvalue weighted by Gasteiger charge is -1.94. The van der Waals surface area contributed by atoms with Crippen molar-refractivity contribution in [2.24, 2.45) is 0 Å². The summed E-state index contributed by atoms with van der Waals surface area (Å²) in [4.78, 5) is 0. The molecule has 0 atom stereocenters. The molecule has 1 rings (SSSR count). The third kappa shape index (κ3) is 1.11. The van der Waals surface area contributed by atoms with Crippen LogP contribution in [-0.2, 0) is 6.61 Å². The van der Waals surface area contributed by atoms with Gasteiger partial charge in [0.2, 0.25) is 0 Å². The summed E-state index contributed by atoms with van der Waals surface area (Å²) in [6.07, 6.45) is 1.35. The molecule has 9 heavy (non-hydrogen) atoms. The van der Waals surface area contributed by atoms with Crippen molar-refractivity contribution in [2.45, 2.75) is 6.61 Å². The Bertz CT molecular complexity index is 202. The minimum atomic E-state index is -0.193. The van der Waals surface area contributed by atoms with Crippen molar-refractivity contribution in [3.63, 3.8) is 0 Å². The zero-order chi connectivity index (χ0) is 6.69. The Balaban J connectivity index is 3.01. The monoisotopic (exact) mass is 126 g/mol. The molecule has 0 aliphatic carbocycles. The van der Waals surface area contributed by atoms with Crippen LogP contribution in [0.3, 0.4) is 0 Å². The van der Waals surface area contributed by atoms with Crippen LogP contribution in [0, 0.1) is 0 Å². The van der Waals surface area contributed by atoms with Gasteiger partial charge in [-0.15, -0.1) is 10.2 Å².